The normalized spacial score (nSPS) is 14.1. The van der Waals surface area contributed by atoms with E-state index in [1.165, 1.54) is 25.2 Å². The van der Waals surface area contributed by atoms with Crippen LogP contribution in [0.15, 0.2) is 54.6 Å². The Kier molecular flexibility index (Phi) is 10.9. The summed E-state index contributed by atoms with van der Waals surface area (Å²) >= 11 is 0. The summed E-state index contributed by atoms with van der Waals surface area (Å²) in [5.74, 6) is -3.24. The molecule has 0 radical (unpaired) electrons. The van der Waals surface area contributed by atoms with Crippen LogP contribution in [0.4, 0.5) is 14.5 Å². The number of methoxy groups -OCH3 is 2. The summed E-state index contributed by atoms with van der Waals surface area (Å²) in [5.41, 5.74) is 7.32. The molecule has 3 aromatic carbocycles. The van der Waals surface area contributed by atoms with E-state index in [0.717, 1.165) is 23.8 Å². The number of amides is 4. The van der Waals surface area contributed by atoms with E-state index in [4.69, 9.17) is 15.2 Å². The van der Waals surface area contributed by atoms with E-state index in [0.29, 0.717) is 35.6 Å². The van der Waals surface area contributed by atoms with Gasteiger partial charge in [0.1, 0.15) is 11.5 Å². The van der Waals surface area contributed by atoms with Crippen LogP contribution in [0.1, 0.15) is 44.3 Å². The first kappa shape index (κ1) is 33.8. The summed E-state index contributed by atoms with van der Waals surface area (Å²) in [5, 5.41) is 2.63. The van der Waals surface area contributed by atoms with Crippen LogP contribution in [0.2, 0.25) is 0 Å². The zero-order valence-corrected chi connectivity index (χ0v) is 26.1. The third kappa shape index (κ3) is 8.16. The lowest BCUT2D eigenvalue weighted by Gasteiger charge is -2.38. The largest absolute Gasteiger partial charge is 0.497 e. The topological polar surface area (TPSA) is 135 Å². The van der Waals surface area contributed by atoms with Crippen molar-refractivity contribution in [1.29, 1.82) is 0 Å². The molecule has 1 aliphatic rings. The average molecular weight is 638 g/mol. The number of nitrogens with zero attached hydrogens (tertiary/aromatic N) is 3. The number of likely N-dealkylation sites (N-methyl/N-ethyl adjacent to an activating group) is 1. The first-order valence-electron chi connectivity index (χ1n) is 14.5. The fourth-order valence-electron chi connectivity index (χ4n) is 5.24. The molecule has 1 unspecified atom stereocenters. The third-order valence-corrected chi connectivity index (χ3v) is 7.67. The maximum absolute atomic E-state index is 14.1. The Morgan fingerprint density at radius 1 is 0.957 bits per heavy atom. The number of halogens is 2. The molecule has 46 heavy (non-hydrogen) atoms. The van der Waals surface area contributed by atoms with Gasteiger partial charge < -0.3 is 35.2 Å². The van der Waals surface area contributed by atoms with Gasteiger partial charge in [-0.2, -0.15) is 0 Å². The highest BCUT2D eigenvalue weighted by Gasteiger charge is 2.35. The number of ether oxygens (including phenoxy) is 2. The number of carbonyl (C=O) groups is 4. The molecular formula is C33H37F2N5O6. The lowest BCUT2D eigenvalue weighted by molar-refractivity contribution is -0.135. The minimum absolute atomic E-state index is 0.0178. The number of hydrogen-bond acceptors (Lipinski definition) is 7. The van der Waals surface area contributed by atoms with Gasteiger partial charge in [-0.15, -0.1) is 0 Å². The molecule has 0 saturated heterocycles. The van der Waals surface area contributed by atoms with Gasteiger partial charge in [-0.1, -0.05) is 6.07 Å². The molecule has 0 fully saturated rings. The van der Waals surface area contributed by atoms with Gasteiger partial charge in [-0.3, -0.25) is 19.2 Å². The van der Waals surface area contributed by atoms with E-state index in [1.807, 2.05) is 19.0 Å². The molecule has 4 amide bonds. The Bertz CT molecular complexity index is 1610. The molecule has 1 atom stereocenters. The maximum Gasteiger partial charge on any atom is 0.255 e. The van der Waals surface area contributed by atoms with E-state index in [2.05, 4.69) is 5.32 Å². The second kappa shape index (κ2) is 14.8. The summed E-state index contributed by atoms with van der Waals surface area (Å²) < 4.78 is 38.0. The highest BCUT2D eigenvalue weighted by atomic mass is 19.2. The second-order valence-electron chi connectivity index (χ2n) is 11.2. The SMILES string of the molecule is COc1cc(OC)cc(C2Cc3ccc(NC(=O)c4ccc(F)c(F)c4)cc3C(=O)N2CCC(=O)N(CCN(C)C)CC(N)=O)c1. The molecule has 244 valence electrons. The summed E-state index contributed by atoms with van der Waals surface area (Å²) in [6, 6.07) is 12.5. The van der Waals surface area contributed by atoms with Crippen molar-refractivity contribution in [3.63, 3.8) is 0 Å². The van der Waals surface area contributed by atoms with Crippen molar-refractivity contribution in [2.45, 2.75) is 18.9 Å². The maximum atomic E-state index is 14.1. The summed E-state index contributed by atoms with van der Waals surface area (Å²) in [7, 11) is 6.73. The number of fused-ring (bicyclic) bond motifs is 1. The Hall–Kier alpha value is -5.04. The quantitative estimate of drug-likeness (QED) is 0.294. The van der Waals surface area contributed by atoms with Gasteiger partial charge in [0.05, 0.1) is 26.8 Å². The highest BCUT2D eigenvalue weighted by molar-refractivity contribution is 6.05. The number of primary amides is 1. The van der Waals surface area contributed by atoms with E-state index in [9.17, 15) is 28.0 Å². The number of anilines is 1. The standard InChI is InChI=1S/C33H37F2N5O6/c1-38(2)11-12-39(19-30(36)41)31(42)9-10-40-29(22-13-24(45-3)18-25(14-22)46-4)16-20-5-7-23(17-26(20)33(40)44)37-32(43)21-6-8-27(34)28(35)15-21/h5-8,13-15,17-18,29H,9-12,16,19H2,1-4H3,(H2,36,41)(H,37,43). The summed E-state index contributed by atoms with van der Waals surface area (Å²) in [6.07, 6.45) is 0.292. The fraction of sp³-hybridized carbons (Fsp3) is 0.333. The Labute approximate surface area is 265 Å². The van der Waals surface area contributed by atoms with Crippen LogP contribution in [-0.2, 0) is 16.0 Å². The van der Waals surface area contributed by atoms with Gasteiger partial charge >= 0.3 is 0 Å². The van der Waals surface area contributed by atoms with Crippen molar-refractivity contribution >= 4 is 29.3 Å². The Morgan fingerprint density at radius 2 is 1.65 bits per heavy atom. The van der Waals surface area contributed by atoms with Crippen LogP contribution in [0, 0.1) is 11.6 Å². The Morgan fingerprint density at radius 3 is 2.26 bits per heavy atom. The monoisotopic (exact) mass is 637 g/mol. The van der Waals surface area contributed by atoms with Gasteiger partial charge in [0.15, 0.2) is 11.6 Å². The van der Waals surface area contributed by atoms with E-state index in [-0.39, 0.29) is 49.1 Å². The second-order valence-corrected chi connectivity index (χ2v) is 11.2. The zero-order chi connectivity index (χ0) is 33.5. The van der Waals surface area contributed by atoms with Gasteiger partial charge in [0, 0.05) is 48.9 Å². The van der Waals surface area contributed by atoms with Crippen molar-refractivity contribution < 1.29 is 37.4 Å². The van der Waals surface area contributed by atoms with Gasteiger partial charge in [0.2, 0.25) is 11.8 Å². The number of hydrogen-bond donors (Lipinski definition) is 2. The lowest BCUT2D eigenvalue weighted by atomic mass is 9.88. The summed E-state index contributed by atoms with van der Waals surface area (Å²) in [6.45, 7) is 0.564. The molecule has 0 spiro atoms. The molecule has 1 aliphatic heterocycles. The van der Waals surface area contributed by atoms with Crippen molar-refractivity contribution in [2.75, 3.05) is 59.8 Å². The lowest BCUT2D eigenvalue weighted by Crippen LogP contribution is -2.45. The van der Waals surface area contributed by atoms with Crippen molar-refractivity contribution in [1.82, 2.24) is 14.7 Å². The average Bonchev–Trinajstić information content (AvgIpc) is 3.03. The van der Waals surface area contributed by atoms with Gasteiger partial charge in [0.25, 0.3) is 11.8 Å². The van der Waals surface area contributed by atoms with E-state index >= 15 is 0 Å². The minimum atomic E-state index is -1.16. The van der Waals surface area contributed by atoms with Crippen LogP contribution >= 0.6 is 0 Å². The van der Waals surface area contributed by atoms with Crippen LogP contribution < -0.4 is 20.5 Å². The zero-order valence-electron chi connectivity index (χ0n) is 26.1. The van der Waals surface area contributed by atoms with Gasteiger partial charge in [-0.25, -0.2) is 8.78 Å². The van der Waals surface area contributed by atoms with Crippen molar-refractivity contribution in [2.24, 2.45) is 5.73 Å². The number of nitrogens with one attached hydrogen (secondary N) is 1. The number of rotatable bonds is 13. The predicted octanol–water partition coefficient (Wildman–Crippen LogP) is 3.24. The molecular weight excluding hydrogens is 600 g/mol. The molecule has 0 aliphatic carbocycles. The van der Waals surface area contributed by atoms with Crippen LogP contribution in [0.25, 0.3) is 0 Å². The molecule has 0 aromatic heterocycles. The Balaban J connectivity index is 1.65. The third-order valence-electron chi connectivity index (χ3n) is 7.67. The van der Waals surface area contributed by atoms with Crippen LogP contribution in [0.3, 0.4) is 0 Å². The molecule has 1 heterocycles. The number of benzene rings is 3. The van der Waals surface area contributed by atoms with Crippen molar-refractivity contribution in [3.8, 4) is 11.5 Å². The summed E-state index contributed by atoms with van der Waals surface area (Å²) in [4.78, 5) is 56.7. The highest BCUT2D eigenvalue weighted by Crippen LogP contribution is 2.37. The minimum Gasteiger partial charge on any atom is -0.497 e. The molecule has 4 rings (SSSR count). The van der Waals surface area contributed by atoms with E-state index in [1.54, 1.807) is 35.2 Å². The van der Waals surface area contributed by atoms with Crippen molar-refractivity contribution in [3.05, 3.63) is 88.5 Å². The van der Waals surface area contributed by atoms with Crippen LogP contribution in [-0.4, -0.2) is 92.8 Å². The fourth-order valence-corrected chi connectivity index (χ4v) is 5.24. The molecule has 3 aromatic rings. The number of nitrogens with two attached hydrogens (primary N) is 1. The predicted molar refractivity (Wildman–Crippen MR) is 167 cm³/mol. The number of carbonyl (C=O) groups excluding carboxylic acids is 4. The molecule has 0 saturated carbocycles. The molecule has 11 nitrogen and oxygen atoms in total. The van der Waals surface area contributed by atoms with Gasteiger partial charge in [-0.05, 0) is 74.1 Å². The molecule has 13 heteroatoms. The first-order valence-corrected chi connectivity index (χ1v) is 14.5. The van der Waals surface area contributed by atoms with Crippen LogP contribution in [0.5, 0.6) is 11.5 Å². The smallest absolute Gasteiger partial charge is 0.255 e. The molecule has 0 bridgehead atoms. The molecule has 3 N–H and O–H groups in total. The van der Waals surface area contributed by atoms with E-state index < -0.39 is 29.5 Å². The first-order chi connectivity index (χ1) is 21.9.